The number of hydrogen-bond donors (Lipinski definition) is 3. The van der Waals surface area contributed by atoms with Gasteiger partial charge in [-0.05, 0) is 64.5 Å². The van der Waals surface area contributed by atoms with Gasteiger partial charge in [-0.2, -0.15) is 0 Å². The highest BCUT2D eigenvalue weighted by atomic mass is 35.5. The fraction of sp³-hybridized carbons (Fsp3) is 0.594. The number of benzene rings is 1. The van der Waals surface area contributed by atoms with Crippen LogP contribution in [0.5, 0.6) is 11.6 Å². The number of carbonyl (C=O) groups excluding carboxylic acids is 3. The zero-order valence-corrected chi connectivity index (χ0v) is 28.5. The number of ether oxygens (including phenoxy) is 2. The maximum Gasteiger partial charge on any atom is 0.259 e. The molecule has 13 nitrogen and oxygen atoms in total. The molecule has 4 aliphatic rings. The third kappa shape index (κ3) is 6.91. The topological polar surface area (TPSA) is 183 Å². The summed E-state index contributed by atoms with van der Waals surface area (Å²) < 4.78 is 38.8. The Morgan fingerprint density at radius 3 is 2.64 bits per heavy atom. The average molecular weight is 691 g/mol. The molecule has 5 atom stereocenters. The summed E-state index contributed by atoms with van der Waals surface area (Å²) in [6, 6.07) is 3.55. The van der Waals surface area contributed by atoms with E-state index in [4.69, 9.17) is 15.2 Å². The van der Waals surface area contributed by atoms with E-state index in [9.17, 15) is 22.8 Å². The number of sulfonamides is 1. The Labute approximate surface area is 280 Å². The van der Waals surface area contributed by atoms with Crippen molar-refractivity contribution in [2.75, 3.05) is 13.7 Å². The van der Waals surface area contributed by atoms with Gasteiger partial charge in [-0.15, -0.1) is 12.4 Å². The number of rotatable bonds is 6. The number of amides is 3. The largest absolute Gasteiger partial charge is 0.497 e. The lowest BCUT2D eigenvalue weighted by Gasteiger charge is -2.28. The van der Waals surface area contributed by atoms with Crippen molar-refractivity contribution < 1.29 is 32.3 Å². The second-order valence-electron chi connectivity index (χ2n) is 13.3. The van der Waals surface area contributed by atoms with Gasteiger partial charge in [0.15, 0.2) is 0 Å². The first-order chi connectivity index (χ1) is 21.9. The predicted molar refractivity (Wildman–Crippen MR) is 176 cm³/mol. The minimum Gasteiger partial charge on any atom is -0.497 e. The Hall–Kier alpha value is -3.49. The number of aromatic nitrogens is 2. The summed E-state index contributed by atoms with van der Waals surface area (Å²) in [4.78, 5) is 52.0. The van der Waals surface area contributed by atoms with Crippen LogP contribution in [-0.4, -0.2) is 83.1 Å². The molecule has 3 heterocycles. The summed E-state index contributed by atoms with van der Waals surface area (Å²) in [5.41, 5.74) is 6.69. The molecule has 6 rings (SSSR count). The van der Waals surface area contributed by atoms with Gasteiger partial charge in [0.2, 0.25) is 27.7 Å². The summed E-state index contributed by atoms with van der Waals surface area (Å²) in [7, 11) is -2.37. The second-order valence-corrected chi connectivity index (χ2v) is 15.5. The lowest BCUT2D eigenvalue weighted by molar-refractivity contribution is -0.140. The van der Waals surface area contributed by atoms with Crippen LogP contribution < -0.4 is 25.2 Å². The molecule has 1 aromatic carbocycles. The van der Waals surface area contributed by atoms with Gasteiger partial charge in [-0.3, -0.25) is 19.1 Å². The molecule has 0 spiro atoms. The first-order valence-corrected chi connectivity index (χ1v) is 17.4. The van der Waals surface area contributed by atoms with E-state index in [2.05, 4.69) is 20.0 Å². The molecule has 2 aliphatic carbocycles. The molecular formula is C32H43ClN6O7S. The molecular weight excluding hydrogens is 648 g/mol. The number of allylic oxidation sites excluding steroid dienone is 1. The molecule has 4 N–H and O–H groups in total. The number of nitrogens with zero attached hydrogens (tertiary/aromatic N) is 3. The van der Waals surface area contributed by atoms with E-state index in [-0.39, 0.29) is 49.5 Å². The van der Waals surface area contributed by atoms with Crippen LogP contribution in [0.15, 0.2) is 30.4 Å². The number of carbonyl (C=O) groups is 3. The van der Waals surface area contributed by atoms with Gasteiger partial charge >= 0.3 is 0 Å². The normalized spacial score (nSPS) is 29.6. The molecule has 3 fully saturated rings. The number of aryl methyl sites for hydroxylation is 1. The molecule has 2 aliphatic heterocycles. The molecule has 0 radical (unpaired) electrons. The van der Waals surface area contributed by atoms with Gasteiger partial charge in [0.25, 0.3) is 5.91 Å². The minimum absolute atomic E-state index is 0. The van der Waals surface area contributed by atoms with Crippen LogP contribution in [0.4, 0.5) is 0 Å². The van der Waals surface area contributed by atoms with Crippen molar-refractivity contribution in [3.8, 4) is 11.6 Å². The Kier molecular flexibility index (Phi) is 9.78. The van der Waals surface area contributed by atoms with E-state index in [1.54, 1.807) is 39.2 Å². The Bertz CT molecular complexity index is 1700. The highest BCUT2D eigenvalue weighted by molar-refractivity contribution is 7.91. The number of hydrogen-bond acceptors (Lipinski definition) is 10. The van der Waals surface area contributed by atoms with Crippen molar-refractivity contribution in [2.45, 2.75) is 100 Å². The first-order valence-electron chi connectivity index (χ1n) is 16.0. The number of nitrogens with one attached hydrogen (secondary N) is 2. The summed E-state index contributed by atoms with van der Waals surface area (Å²) in [6.45, 7) is 3.45. The molecule has 0 unspecified atom stereocenters. The van der Waals surface area contributed by atoms with Gasteiger partial charge in [0.1, 0.15) is 29.1 Å². The van der Waals surface area contributed by atoms with Crippen LogP contribution >= 0.6 is 12.4 Å². The Morgan fingerprint density at radius 1 is 1.15 bits per heavy atom. The first kappa shape index (κ1) is 34.8. The van der Waals surface area contributed by atoms with Crippen molar-refractivity contribution in [3.05, 3.63) is 36.0 Å². The van der Waals surface area contributed by atoms with Crippen LogP contribution in [0.1, 0.15) is 70.4 Å². The molecule has 256 valence electrons. The Balaban J connectivity index is 0.00000433. The standard InChI is InChI=1S/C32H42N6O7S.ClH/c1-19-28(35-25-15-21(44-3)11-12-24(25)34-19)45-22-16-26-27(39)36-32(30(41)37-46(42,43)31(2)13-14-31)17-20(32)9-7-5-4-6-8-10-23(33)29(40)38(26)18-22;/h7,9,11-12,15,20,22-23,26H,4-6,8,10,13-14,16-18,33H2,1-3H3,(H,36,39)(H,37,41);1H/b9-7-;/t20-,22-,23+,26+,32-;/m1./s1. The molecule has 2 aromatic rings. The average Bonchev–Trinajstić information content (AvgIpc) is 3.90. The van der Waals surface area contributed by atoms with Crippen molar-refractivity contribution in [1.82, 2.24) is 24.9 Å². The summed E-state index contributed by atoms with van der Waals surface area (Å²) in [5, 5.41) is 2.87. The van der Waals surface area contributed by atoms with Crippen molar-refractivity contribution >= 4 is 51.2 Å². The fourth-order valence-corrected chi connectivity index (χ4v) is 7.66. The highest BCUT2D eigenvalue weighted by Gasteiger charge is 2.63. The van der Waals surface area contributed by atoms with Gasteiger partial charge in [-0.25, -0.2) is 18.4 Å². The van der Waals surface area contributed by atoms with Gasteiger partial charge in [0, 0.05) is 18.4 Å². The van der Waals surface area contributed by atoms with Crippen molar-refractivity contribution in [2.24, 2.45) is 11.7 Å². The van der Waals surface area contributed by atoms with Crippen molar-refractivity contribution in [3.63, 3.8) is 0 Å². The fourth-order valence-electron chi connectivity index (χ4n) is 6.34. The van der Waals surface area contributed by atoms with E-state index in [1.807, 2.05) is 12.2 Å². The second kappa shape index (κ2) is 13.2. The maximum absolute atomic E-state index is 14.0. The lowest BCUT2D eigenvalue weighted by atomic mass is 10.1. The molecule has 1 saturated heterocycles. The monoisotopic (exact) mass is 690 g/mol. The third-order valence-electron chi connectivity index (χ3n) is 9.80. The molecule has 47 heavy (non-hydrogen) atoms. The Morgan fingerprint density at radius 2 is 1.91 bits per heavy atom. The molecule has 3 amide bonds. The zero-order chi connectivity index (χ0) is 32.9. The van der Waals surface area contributed by atoms with Crippen LogP contribution in [0.3, 0.4) is 0 Å². The van der Waals surface area contributed by atoms with E-state index in [0.29, 0.717) is 41.7 Å². The molecule has 2 saturated carbocycles. The van der Waals surface area contributed by atoms with Crippen LogP contribution in [0.25, 0.3) is 11.0 Å². The number of halogens is 1. The third-order valence-corrected chi connectivity index (χ3v) is 12.0. The minimum atomic E-state index is -3.93. The van der Waals surface area contributed by atoms with Crippen LogP contribution in [0, 0.1) is 12.8 Å². The summed E-state index contributed by atoms with van der Waals surface area (Å²) >= 11 is 0. The van der Waals surface area contributed by atoms with Gasteiger partial charge < -0.3 is 25.4 Å². The quantitative estimate of drug-likeness (QED) is 0.381. The lowest BCUT2D eigenvalue weighted by Crippen LogP contribution is -2.58. The number of fused-ring (bicyclic) bond motifs is 3. The highest BCUT2D eigenvalue weighted by Crippen LogP contribution is 2.47. The number of methoxy groups -OCH3 is 1. The van der Waals surface area contributed by atoms with E-state index in [1.165, 1.54) is 4.90 Å². The van der Waals surface area contributed by atoms with Crippen molar-refractivity contribution in [1.29, 1.82) is 0 Å². The van der Waals surface area contributed by atoms with E-state index >= 15 is 0 Å². The van der Waals surface area contributed by atoms with E-state index in [0.717, 1.165) is 25.7 Å². The summed E-state index contributed by atoms with van der Waals surface area (Å²) in [5.74, 6) is -1.19. The maximum atomic E-state index is 14.0. The molecule has 1 aromatic heterocycles. The molecule has 15 heteroatoms. The number of nitrogens with two attached hydrogens (primary N) is 1. The molecule has 0 bridgehead atoms. The summed E-state index contributed by atoms with van der Waals surface area (Å²) in [6.07, 6.45) is 8.29. The SMILES string of the molecule is COc1ccc2nc(C)c(O[C@@H]3C[C@H]4C(=O)N[C@]5(C(=O)NS(=O)(=O)C6(C)CC6)C[C@H]5/C=C\CCCCC[C@H](N)C(=O)N4C3)nc2c1.Cl. The van der Waals surface area contributed by atoms with Crippen LogP contribution in [0.2, 0.25) is 0 Å². The van der Waals surface area contributed by atoms with E-state index < -0.39 is 50.3 Å². The van der Waals surface area contributed by atoms with Gasteiger partial charge in [0.05, 0.1) is 35.5 Å². The smallest absolute Gasteiger partial charge is 0.259 e. The van der Waals surface area contributed by atoms with Crippen LogP contribution in [-0.2, 0) is 24.4 Å². The predicted octanol–water partition coefficient (Wildman–Crippen LogP) is 2.44. The van der Waals surface area contributed by atoms with Gasteiger partial charge in [-0.1, -0.05) is 25.0 Å². The zero-order valence-electron chi connectivity index (χ0n) is 26.9.